The smallest absolute Gasteiger partial charge is 0.241 e. The molecule has 0 aliphatic heterocycles. The molecule has 3 N–H and O–H groups in total. The van der Waals surface area contributed by atoms with Crippen LogP contribution < -0.4 is 15.8 Å². The van der Waals surface area contributed by atoms with Crippen molar-refractivity contribution in [2.24, 2.45) is 5.73 Å². The van der Waals surface area contributed by atoms with Crippen molar-refractivity contribution in [3.05, 3.63) is 77.2 Å². The molecule has 1 aromatic heterocycles. The molecule has 0 aliphatic carbocycles. The lowest BCUT2D eigenvalue weighted by molar-refractivity contribution is -0.127. The Kier molecular flexibility index (Phi) is 5.99. The molecule has 148 valence electrons. The number of carbonyl (C=O) groups excluding carboxylic acids is 2. The maximum atomic E-state index is 14.5. The van der Waals surface area contributed by atoms with Gasteiger partial charge in [-0.1, -0.05) is 17.7 Å². The van der Waals surface area contributed by atoms with Gasteiger partial charge >= 0.3 is 0 Å². The zero-order valence-corrected chi connectivity index (χ0v) is 15.4. The summed E-state index contributed by atoms with van der Waals surface area (Å²) in [5.41, 5.74) is 5.60. The van der Waals surface area contributed by atoms with Gasteiger partial charge in [0.1, 0.15) is 23.2 Å². The molecule has 1 unspecified atom stereocenters. The number of nitrogens with one attached hydrogen (secondary N) is 1. The number of hydrogen-bond acceptors (Lipinski definition) is 5. The van der Waals surface area contributed by atoms with Crippen LogP contribution in [0.3, 0.4) is 0 Å². The van der Waals surface area contributed by atoms with Crippen molar-refractivity contribution in [1.82, 2.24) is 9.97 Å². The van der Waals surface area contributed by atoms with Crippen LogP contribution >= 0.6 is 11.6 Å². The van der Waals surface area contributed by atoms with Crippen LogP contribution in [0.1, 0.15) is 11.5 Å². The normalized spacial score (nSPS) is 11.6. The number of ether oxygens (including phenoxy) is 1. The highest BCUT2D eigenvalue weighted by Gasteiger charge is 2.27. The zero-order chi connectivity index (χ0) is 21.0. The summed E-state index contributed by atoms with van der Waals surface area (Å²) in [5, 5.41) is 2.55. The Morgan fingerprint density at radius 1 is 1.07 bits per heavy atom. The predicted octanol–water partition coefficient (Wildman–Crippen LogP) is 3.41. The molecule has 1 heterocycles. The summed E-state index contributed by atoms with van der Waals surface area (Å²) in [7, 11) is 0. The van der Waals surface area contributed by atoms with Crippen molar-refractivity contribution in [2.75, 3.05) is 5.32 Å². The number of primary amides is 1. The third kappa shape index (κ3) is 5.02. The van der Waals surface area contributed by atoms with Crippen molar-refractivity contribution >= 4 is 29.1 Å². The van der Waals surface area contributed by atoms with Gasteiger partial charge in [0, 0.05) is 11.8 Å². The summed E-state index contributed by atoms with van der Waals surface area (Å²) in [6.07, 6.45) is 1.15. The number of halogens is 3. The van der Waals surface area contributed by atoms with Crippen molar-refractivity contribution < 1.29 is 23.1 Å². The molecule has 0 fully saturated rings. The summed E-state index contributed by atoms with van der Waals surface area (Å²) < 4.78 is 32.7. The maximum Gasteiger partial charge on any atom is 0.241 e. The second-order valence-corrected chi connectivity index (χ2v) is 6.19. The van der Waals surface area contributed by atoms with Gasteiger partial charge in [0.05, 0.1) is 0 Å². The Labute approximate surface area is 168 Å². The van der Waals surface area contributed by atoms with E-state index < -0.39 is 29.4 Å². The molecule has 0 radical (unpaired) electrons. The average molecular weight is 419 g/mol. The van der Waals surface area contributed by atoms with Gasteiger partial charge in [0.15, 0.2) is 11.6 Å². The first-order valence-electron chi connectivity index (χ1n) is 8.14. The van der Waals surface area contributed by atoms with Crippen molar-refractivity contribution in [3.8, 4) is 11.6 Å². The van der Waals surface area contributed by atoms with Gasteiger partial charge < -0.3 is 15.8 Å². The highest BCUT2D eigenvalue weighted by molar-refractivity contribution is 6.29. The van der Waals surface area contributed by atoms with Crippen molar-refractivity contribution in [2.45, 2.75) is 5.92 Å². The van der Waals surface area contributed by atoms with E-state index in [1.54, 1.807) is 0 Å². The van der Waals surface area contributed by atoms with Crippen LogP contribution in [0.15, 0.2) is 54.9 Å². The van der Waals surface area contributed by atoms with E-state index >= 15 is 0 Å². The Morgan fingerprint density at radius 3 is 2.41 bits per heavy atom. The predicted molar refractivity (Wildman–Crippen MR) is 100 cm³/mol. The van der Waals surface area contributed by atoms with E-state index in [0.29, 0.717) is 0 Å². The Morgan fingerprint density at radius 2 is 1.79 bits per heavy atom. The van der Waals surface area contributed by atoms with Crippen LogP contribution in [0.4, 0.5) is 14.5 Å². The maximum absolute atomic E-state index is 14.5. The lowest BCUT2D eigenvalue weighted by atomic mass is 9.97. The van der Waals surface area contributed by atoms with Gasteiger partial charge in [0.2, 0.25) is 17.7 Å². The number of hydrogen-bond donors (Lipinski definition) is 2. The van der Waals surface area contributed by atoms with Crippen LogP contribution in [-0.2, 0) is 9.59 Å². The number of nitrogens with zero attached hydrogens (tertiary/aromatic N) is 2. The van der Waals surface area contributed by atoms with E-state index in [0.717, 1.165) is 24.5 Å². The van der Waals surface area contributed by atoms with E-state index in [1.165, 1.54) is 30.3 Å². The molecule has 0 spiro atoms. The molecule has 10 heteroatoms. The topological polar surface area (TPSA) is 107 Å². The first kappa shape index (κ1) is 20.2. The van der Waals surface area contributed by atoms with Crippen molar-refractivity contribution in [1.29, 1.82) is 0 Å². The second-order valence-electron chi connectivity index (χ2n) is 5.80. The molecule has 1 atom stereocenters. The fraction of sp³-hybridized carbons (Fsp3) is 0.0526. The summed E-state index contributed by atoms with van der Waals surface area (Å²) in [5.74, 6) is -4.78. The van der Waals surface area contributed by atoms with Crippen LogP contribution in [0.2, 0.25) is 5.15 Å². The average Bonchev–Trinajstić information content (AvgIpc) is 2.66. The molecule has 3 rings (SSSR count). The lowest BCUT2D eigenvalue weighted by Gasteiger charge is -2.15. The molecule has 2 amide bonds. The first-order chi connectivity index (χ1) is 13.8. The van der Waals surface area contributed by atoms with Gasteiger partial charge in [0.25, 0.3) is 0 Å². The van der Waals surface area contributed by atoms with Gasteiger partial charge in [-0.15, -0.1) is 0 Å². The highest BCUT2D eigenvalue weighted by atomic mass is 35.5. The molecule has 0 bridgehead atoms. The Hall–Kier alpha value is -3.59. The van der Waals surface area contributed by atoms with E-state index in [2.05, 4.69) is 15.3 Å². The second kappa shape index (κ2) is 8.61. The van der Waals surface area contributed by atoms with E-state index in [1.807, 2.05) is 0 Å². The molecule has 7 nitrogen and oxygen atoms in total. The number of anilines is 1. The number of carbonyl (C=O) groups is 2. The minimum atomic E-state index is -1.47. The number of benzene rings is 2. The molecule has 0 aliphatic rings. The van der Waals surface area contributed by atoms with Crippen LogP contribution in [0, 0.1) is 11.6 Å². The molecular formula is C19H13ClF2N4O3. The van der Waals surface area contributed by atoms with Crippen LogP contribution in [0.5, 0.6) is 11.6 Å². The van der Waals surface area contributed by atoms with Crippen molar-refractivity contribution in [3.63, 3.8) is 0 Å². The number of rotatable bonds is 6. The molecule has 29 heavy (non-hydrogen) atoms. The third-order valence-corrected chi connectivity index (χ3v) is 3.98. The van der Waals surface area contributed by atoms with E-state index in [4.69, 9.17) is 22.1 Å². The van der Waals surface area contributed by atoms with E-state index in [9.17, 15) is 18.4 Å². The molecule has 3 aromatic rings. The molecule has 0 saturated carbocycles. The van der Waals surface area contributed by atoms with Gasteiger partial charge in [-0.05, 0) is 42.0 Å². The quantitative estimate of drug-likeness (QED) is 0.471. The zero-order valence-electron chi connectivity index (χ0n) is 14.6. The van der Waals surface area contributed by atoms with E-state index in [-0.39, 0.29) is 28.0 Å². The number of amides is 2. The van der Waals surface area contributed by atoms with Gasteiger partial charge in [-0.3, -0.25) is 9.59 Å². The summed E-state index contributed by atoms with van der Waals surface area (Å²) in [6, 6.07) is 9.70. The SMILES string of the molecule is NC(=O)C(C(=O)Nc1ccc(F)cc1)c1ccc(Oc2cc(Cl)ncn2)c(F)c1. The highest BCUT2D eigenvalue weighted by Crippen LogP contribution is 2.28. The third-order valence-electron chi connectivity index (χ3n) is 3.77. The van der Waals surface area contributed by atoms with Crippen LogP contribution in [-0.4, -0.2) is 21.8 Å². The largest absolute Gasteiger partial charge is 0.436 e. The van der Waals surface area contributed by atoms with Gasteiger partial charge in [-0.2, -0.15) is 0 Å². The number of aromatic nitrogens is 2. The Bertz CT molecular complexity index is 1060. The monoisotopic (exact) mass is 418 g/mol. The minimum absolute atomic E-state index is 0.0113. The summed E-state index contributed by atoms with van der Waals surface area (Å²) >= 11 is 5.72. The lowest BCUT2D eigenvalue weighted by Crippen LogP contribution is -2.32. The van der Waals surface area contributed by atoms with Gasteiger partial charge in [-0.25, -0.2) is 18.7 Å². The molecule has 0 saturated heterocycles. The molecular weight excluding hydrogens is 406 g/mol. The van der Waals surface area contributed by atoms with Crippen LogP contribution in [0.25, 0.3) is 0 Å². The fourth-order valence-electron chi connectivity index (χ4n) is 2.46. The summed E-state index contributed by atoms with van der Waals surface area (Å²) in [6.45, 7) is 0. The first-order valence-corrected chi connectivity index (χ1v) is 8.52. The number of nitrogens with two attached hydrogens (primary N) is 1. The summed E-state index contributed by atoms with van der Waals surface area (Å²) in [4.78, 5) is 31.8. The standard InChI is InChI=1S/C19H13ClF2N4O3/c20-15-8-16(25-9-24-15)29-14-6-1-10(7-13(14)22)17(18(23)27)19(28)26-12-4-2-11(21)3-5-12/h1-9,17H,(H2,23,27)(H,26,28). The molecule has 2 aromatic carbocycles. The Balaban J connectivity index is 1.82. The minimum Gasteiger partial charge on any atom is -0.436 e. The fourth-order valence-corrected chi connectivity index (χ4v) is 2.59.